The van der Waals surface area contributed by atoms with Gasteiger partial charge < -0.3 is 11.1 Å². The minimum absolute atomic E-state index is 0.130. The third kappa shape index (κ3) is 3.42. The van der Waals surface area contributed by atoms with Gasteiger partial charge in [-0.3, -0.25) is 9.97 Å². The molecule has 0 unspecified atom stereocenters. The van der Waals surface area contributed by atoms with E-state index in [1.807, 2.05) is 49.4 Å². The molecule has 0 saturated heterocycles. The van der Waals surface area contributed by atoms with Gasteiger partial charge in [-0.2, -0.15) is 5.26 Å². The maximum Gasteiger partial charge on any atom is 0.150 e. The summed E-state index contributed by atoms with van der Waals surface area (Å²) >= 11 is 6.37. The van der Waals surface area contributed by atoms with Crippen LogP contribution in [0.25, 0.3) is 22.2 Å². The molecule has 0 aliphatic carbocycles. The predicted octanol–water partition coefficient (Wildman–Crippen LogP) is 4.37. The minimum atomic E-state index is -0.246. The van der Waals surface area contributed by atoms with Gasteiger partial charge in [0.05, 0.1) is 22.3 Å². The van der Waals surface area contributed by atoms with Gasteiger partial charge >= 0.3 is 0 Å². The molecule has 0 aliphatic heterocycles. The topological polar surface area (TPSA) is 113 Å². The number of aromatic nitrogens is 4. The molecule has 7 nitrogen and oxygen atoms in total. The fourth-order valence-electron chi connectivity index (χ4n) is 3.23. The molecule has 142 valence electrons. The largest absolute Gasteiger partial charge is 0.382 e. The van der Waals surface area contributed by atoms with E-state index in [0.717, 1.165) is 22.2 Å². The summed E-state index contributed by atoms with van der Waals surface area (Å²) in [7, 11) is 0. The normalized spacial score (nSPS) is 11.8. The standard InChI is InChI=1S/C21H16ClN7/c1-12(29-21-14(9-23)20(24)27-11-28-21)15-10-26-19-13(5-4-6-16(19)22)18(15)17-7-2-3-8-25-17/h2-8,10-12H,1H3,(H3,24,27,28,29)/t12-/m1/s1. The Morgan fingerprint density at radius 1 is 1.10 bits per heavy atom. The van der Waals surface area contributed by atoms with E-state index in [1.165, 1.54) is 6.33 Å². The second-order valence-corrected chi connectivity index (χ2v) is 6.81. The van der Waals surface area contributed by atoms with E-state index in [4.69, 9.17) is 17.3 Å². The molecule has 0 radical (unpaired) electrons. The molecule has 3 heterocycles. The Labute approximate surface area is 172 Å². The summed E-state index contributed by atoms with van der Waals surface area (Å²) in [5.41, 5.74) is 9.32. The number of para-hydroxylation sites is 1. The first-order chi connectivity index (χ1) is 14.1. The summed E-state index contributed by atoms with van der Waals surface area (Å²) < 4.78 is 0. The van der Waals surface area contributed by atoms with E-state index >= 15 is 0 Å². The average molecular weight is 402 g/mol. The first-order valence-electron chi connectivity index (χ1n) is 8.85. The third-order valence-electron chi connectivity index (χ3n) is 4.61. The van der Waals surface area contributed by atoms with Crippen LogP contribution in [-0.4, -0.2) is 19.9 Å². The molecule has 4 aromatic rings. The smallest absolute Gasteiger partial charge is 0.150 e. The Balaban J connectivity index is 1.88. The maximum atomic E-state index is 9.40. The Hall–Kier alpha value is -3.76. The summed E-state index contributed by atoms with van der Waals surface area (Å²) in [6.45, 7) is 1.96. The van der Waals surface area contributed by atoms with Gasteiger partial charge in [0, 0.05) is 28.9 Å². The zero-order valence-electron chi connectivity index (χ0n) is 15.5. The number of nitrogens with one attached hydrogen (secondary N) is 1. The summed E-state index contributed by atoms with van der Waals surface area (Å²) in [4.78, 5) is 17.1. The number of hydrogen-bond donors (Lipinski definition) is 2. The van der Waals surface area contributed by atoms with Gasteiger partial charge in [0.15, 0.2) is 0 Å². The van der Waals surface area contributed by atoms with Crippen molar-refractivity contribution < 1.29 is 0 Å². The number of nitriles is 1. The van der Waals surface area contributed by atoms with Crippen molar-refractivity contribution in [3.05, 3.63) is 71.3 Å². The summed E-state index contributed by atoms with van der Waals surface area (Å²) in [6, 6.07) is 13.2. The molecule has 29 heavy (non-hydrogen) atoms. The molecular formula is C21H16ClN7. The van der Waals surface area contributed by atoms with Gasteiger partial charge in [-0.25, -0.2) is 9.97 Å². The number of hydrogen-bond acceptors (Lipinski definition) is 7. The number of nitrogens with zero attached hydrogens (tertiary/aromatic N) is 5. The van der Waals surface area contributed by atoms with E-state index in [2.05, 4.69) is 25.3 Å². The van der Waals surface area contributed by atoms with Crippen LogP contribution in [0.4, 0.5) is 11.6 Å². The molecule has 1 aromatic carbocycles. The van der Waals surface area contributed by atoms with Gasteiger partial charge in [0.1, 0.15) is 29.6 Å². The quantitative estimate of drug-likeness (QED) is 0.522. The van der Waals surface area contributed by atoms with E-state index < -0.39 is 0 Å². The Morgan fingerprint density at radius 2 is 1.97 bits per heavy atom. The highest BCUT2D eigenvalue weighted by Crippen LogP contribution is 2.36. The highest BCUT2D eigenvalue weighted by molar-refractivity contribution is 6.35. The molecule has 0 fully saturated rings. The molecule has 1 atom stereocenters. The van der Waals surface area contributed by atoms with Crippen molar-refractivity contribution in [3.63, 3.8) is 0 Å². The van der Waals surface area contributed by atoms with E-state index in [1.54, 1.807) is 12.4 Å². The summed E-state index contributed by atoms with van der Waals surface area (Å²) in [5, 5.41) is 14.1. The van der Waals surface area contributed by atoms with Gasteiger partial charge in [-0.1, -0.05) is 29.8 Å². The van der Waals surface area contributed by atoms with Gasteiger partial charge in [-0.15, -0.1) is 0 Å². The lowest BCUT2D eigenvalue weighted by Gasteiger charge is -2.20. The Kier molecular flexibility index (Phi) is 4.94. The lowest BCUT2D eigenvalue weighted by molar-refractivity contribution is 0.867. The number of halogens is 1. The lowest BCUT2D eigenvalue weighted by Crippen LogP contribution is -2.13. The van der Waals surface area contributed by atoms with Crippen LogP contribution in [0.15, 0.2) is 55.1 Å². The molecule has 0 aliphatic rings. The second kappa shape index (κ2) is 7.70. The van der Waals surface area contributed by atoms with Crippen molar-refractivity contribution in [2.75, 3.05) is 11.1 Å². The van der Waals surface area contributed by atoms with Crippen molar-refractivity contribution in [2.45, 2.75) is 13.0 Å². The second-order valence-electron chi connectivity index (χ2n) is 6.40. The number of fused-ring (bicyclic) bond motifs is 1. The molecule has 0 amide bonds. The maximum absolute atomic E-state index is 9.40. The molecule has 3 N–H and O–H groups in total. The number of pyridine rings is 2. The van der Waals surface area contributed by atoms with Crippen LogP contribution in [0.2, 0.25) is 5.02 Å². The van der Waals surface area contributed by atoms with Crippen LogP contribution >= 0.6 is 11.6 Å². The van der Waals surface area contributed by atoms with E-state index in [9.17, 15) is 5.26 Å². The highest BCUT2D eigenvalue weighted by atomic mass is 35.5. The Bertz CT molecular complexity index is 1240. The summed E-state index contributed by atoms with van der Waals surface area (Å²) in [6.07, 6.45) is 4.84. The molecule has 0 bridgehead atoms. The lowest BCUT2D eigenvalue weighted by atomic mass is 9.96. The van der Waals surface area contributed by atoms with Crippen molar-refractivity contribution in [2.24, 2.45) is 0 Å². The first-order valence-corrected chi connectivity index (χ1v) is 9.23. The monoisotopic (exact) mass is 401 g/mol. The SMILES string of the molecule is C[C@@H](Nc1ncnc(N)c1C#N)c1cnc2c(Cl)cccc2c1-c1ccccn1. The predicted molar refractivity (Wildman–Crippen MR) is 113 cm³/mol. The molecule has 8 heteroatoms. The van der Waals surface area contributed by atoms with Gasteiger partial charge in [0.2, 0.25) is 0 Å². The number of rotatable bonds is 4. The number of nitrogens with two attached hydrogens (primary N) is 1. The van der Waals surface area contributed by atoms with Crippen LogP contribution in [0, 0.1) is 11.3 Å². The average Bonchev–Trinajstić information content (AvgIpc) is 2.74. The van der Waals surface area contributed by atoms with E-state index in [0.29, 0.717) is 16.4 Å². The third-order valence-corrected chi connectivity index (χ3v) is 4.91. The number of nitrogen functional groups attached to an aromatic ring is 1. The van der Waals surface area contributed by atoms with Crippen LogP contribution in [0.3, 0.4) is 0 Å². The van der Waals surface area contributed by atoms with E-state index in [-0.39, 0.29) is 17.4 Å². The van der Waals surface area contributed by atoms with Crippen molar-refractivity contribution in [1.82, 2.24) is 19.9 Å². The number of benzene rings is 1. The van der Waals surface area contributed by atoms with Crippen molar-refractivity contribution >= 4 is 34.1 Å². The molecule has 0 spiro atoms. The minimum Gasteiger partial charge on any atom is -0.382 e. The van der Waals surface area contributed by atoms with Crippen molar-refractivity contribution in [3.8, 4) is 17.3 Å². The van der Waals surface area contributed by atoms with Crippen molar-refractivity contribution in [1.29, 1.82) is 5.26 Å². The van der Waals surface area contributed by atoms with Gasteiger partial charge in [0.25, 0.3) is 0 Å². The highest BCUT2D eigenvalue weighted by Gasteiger charge is 2.20. The van der Waals surface area contributed by atoms with Gasteiger partial charge in [-0.05, 0) is 25.1 Å². The molecule has 4 rings (SSSR count). The van der Waals surface area contributed by atoms with Crippen LogP contribution in [-0.2, 0) is 0 Å². The zero-order chi connectivity index (χ0) is 20.4. The fraction of sp³-hybridized carbons (Fsp3) is 0.0952. The van der Waals surface area contributed by atoms with Crippen LogP contribution < -0.4 is 11.1 Å². The Morgan fingerprint density at radius 3 is 2.72 bits per heavy atom. The summed E-state index contributed by atoms with van der Waals surface area (Å²) in [5.74, 6) is 0.497. The van der Waals surface area contributed by atoms with Crippen LogP contribution in [0.5, 0.6) is 0 Å². The van der Waals surface area contributed by atoms with Crippen LogP contribution in [0.1, 0.15) is 24.1 Å². The fourth-order valence-corrected chi connectivity index (χ4v) is 3.45. The molecule has 3 aromatic heterocycles. The molecule has 0 saturated carbocycles. The first kappa shape index (κ1) is 18.6. The number of anilines is 2. The zero-order valence-corrected chi connectivity index (χ0v) is 16.2. The molecular weight excluding hydrogens is 386 g/mol.